The minimum absolute atomic E-state index is 0.183. The molecule has 0 radical (unpaired) electrons. The molecule has 0 bridgehead atoms. The fourth-order valence-corrected chi connectivity index (χ4v) is 4.97. The Balaban J connectivity index is 2.16. The maximum atomic E-state index is 12.6. The Morgan fingerprint density at radius 2 is 2.10 bits per heavy atom. The normalized spacial score (nSPS) is 18.0. The molecule has 120 valence electrons. The number of furan rings is 1. The van der Waals surface area contributed by atoms with Gasteiger partial charge in [-0.1, -0.05) is 20.8 Å². The third-order valence-corrected chi connectivity index (χ3v) is 6.45. The van der Waals surface area contributed by atoms with E-state index in [-0.39, 0.29) is 15.1 Å². The summed E-state index contributed by atoms with van der Waals surface area (Å²) in [6.07, 6.45) is 3.69. The van der Waals surface area contributed by atoms with Gasteiger partial charge in [-0.15, -0.1) is 0 Å². The first kappa shape index (κ1) is 17.0. The van der Waals surface area contributed by atoms with Crippen molar-refractivity contribution in [1.29, 1.82) is 0 Å². The van der Waals surface area contributed by atoms with E-state index < -0.39 is 10.0 Å². The lowest BCUT2D eigenvalue weighted by Crippen LogP contribution is -2.52. The van der Waals surface area contributed by atoms with Crippen LogP contribution in [0.1, 0.15) is 52.2 Å². The van der Waals surface area contributed by atoms with Crippen LogP contribution in [0.3, 0.4) is 0 Å². The summed E-state index contributed by atoms with van der Waals surface area (Å²) in [5.74, 6) is 0.607. The first-order valence-electron chi connectivity index (χ1n) is 7.33. The monoisotopic (exact) mass is 378 g/mol. The Morgan fingerprint density at radius 3 is 2.57 bits per heavy atom. The molecule has 0 atom stereocenters. The highest BCUT2D eigenvalue weighted by atomic mass is 79.9. The van der Waals surface area contributed by atoms with E-state index in [1.54, 1.807) is 6.07 Å². The van der Waals surface area contributed by atoms with Crippen molar-refractivity contribution in [3.8, 4) is 0 Å². The highest BCUT2D eigenvalue weighted by Crippen LogP contribution is 2.37. The summed E-state index contributed by atoms with van der Waals surface area (Å²) < 4.78 is 33.7. The van der Waals surface area contributed by atoms with Crippen molar-refractivity contribution in [2.24, 2.45) is 0 Å². The maximum Gasteiger partial charge on any atom is 0.245 e. The molecular formula is C14H23BrN2O3S. The van der Waals surface area contributed by atoms with Gasteiger partial charge >= 0.3 is 0 Å². The summed E-state index contributed by atoms with van der Waals surface area (Å²) in [7, 11) is -3.56. The van der Waals surface area contributed by atoms with Crippen LogP contribution >= 0.6 is 15.9 Å². The topological polar surface area (TPSA) is 71.3 Å². The SMILES string of the molecule is CCC1(NS(=O)(=O)c2cc(CNC(C)C)oc2Br)CCC1. The first-order chi connectivity index (χ1) is 9.78. The Bertz CT molecular complexity index is 586. The van der Waals surface area contributed by atoms with Gasteiger partial charge in [0.1, 0.15) is 10.7 Å². The third kappa shape index (κ3) is 3.88. The van der Waals surface area contributed by atoms with Crippen LogP contribution in [0.2, 0.25) is 0 Å². The molecule has 1 saturated carbocycles. The van der Waals surface area contributed by atoms with E-state index in [4.69, 9.17) is 4.42 Å². The van der Waals surface area contributed by atoms with Gasteiger partial charge in [-0.05, 0) is 41.6 Å². The van der Waals surface area contributed by atoms with Crippen molar-refractivity contribution in [2.45, 2.75) is 69.5 Å². The molecule has 0 aliphatic heterocycles. The van der Waals surface area contributed by atoms with Crippen LogP contribution in [0.5, 0.6) is 0 Å². The number of sulfonamides is 1. The van der Waals surface area contributed by atoms with Gasteiger partial charge in [0, 0.05) is 17.6 Å². The van der Waals surface area contributed by atoms with E-state index in [1.165, 1.54) is 0 Å². The van der Waals surface area contributed by atoms with Crippen LogP contribution in [0.25, 0.3) is 0 Å². The number of rotatable bonds is 7. The fraction of sp³-hybridized carbons (Fsp3) is 0.714. The van der Waals surface area contributed by atoms with Crippen LogP contribution in [-0.2, 0) is 16.6 Å². The molecule has 0 aromatic carbocycles. The smallest absolute Gasteiger partial charge is 0.245 e. The molecule has 2 rings (SSSR count). The highest BCUT2D eigenvalue weighted by Gasteiger charge is 2.40. The Morgan fingerprint density at radius 1 is 1.43 bits per heavy atom. The van der Waals surface area contributed by atoms with Crippen LogP contribution in [0, 0.1) is 0 Å². The first-order valence-corrected chi connectivity index (χ1v) is 9.61. The van der Waals surface area contributed by atoms with E-state index in [1.807, 2.05) is 20.8 Å². The summed E-state index contributed by atoms with van der Waals surface area (Å²) in [5, 5.41) is 3.21. The molecule has 1 aliphatic rings. The summed E-state index contributed by atoms with van der Waals surface area (Å²) in [6.45, 7) is 6.58. The van der Waals surface area contributed by atoms with Gasteiger partial charge in [0.2, 0.25) is 10.0 Å². The zero-order valence-corrected chi connectivity index (χ0v) is 15.1. The van der Waals surface area contributed by atoms with Crippen LogP contribution in [0.15, 0.2) is 20.0 Å². The van der Waals surface area contributed by atoms with E-state index in [2.05, 4.69) is 26.0 Å². The number of halogens is 1. The fourth-order valence-electron chi connectivity index (χ4n) is 2.44. The number of hydrogen-bond acceptors (Lipinski definition) is 4. The van der Waals surface area contributed by atoms with Crippen LogP contribution in [-0.4, -0.2) is 20.0 Å². The third-order valence-electron chi connectivity index (χ3n) is 4.02. The van der Waals surface area contributed by atoms with Gasteiger partial charge in [-0.25, -0.2) is 13.1 Å². The van der Waals surface area contributed by atoms with Crippen molar-refractivity contribution in [2.75, 3.05) is 0 Å². The summed E-state index contributed by atoms with van der Waals surface area (Å²) in [6, 6.07) is 1.90. The van der Waals surface area contributed by atoms with Gasteiger partial charge in [0.25, 0.3) is 0 Å². The van der Waals surface area contributed by atoms with Crippen LogP contribution < -0.4 is 10.0 Å². The zero-order valence-electron chi connectivity index (χ0n) is 12.7. The lowest BCUT2D eigenvalue weighted by Gasteiger charge is -2.41. The Kier molecular flexibility index (Phi) is 5.18. The van der Waals surface area contributed by atoms with Crippen molar-refractivity contribution in [1.82, 2.24) is 10.0 Å². The maximum absolute atomic E-state index is 12.6. The zero-order chi connectivity index (χ0) is 15.7. The van der Waals surface area contributed by atoms with Crippen molar-refractivity contribution >= 4 is 26.0 Å². The molecule has 5 nitrogen and oxygen atoms in total. The highest BCUT2D eigenvalue weighted by molar-refractivity contribution is 9.10. The predicted octanol–water partition coefficient (Wildman–Crippen LogP) is 3.15. The van der Waals surface area contributed by atoms with E-state index >= 15 is 0 Å². The van der Waals surface area contributed by atoms with Gasteiger partial charge in [0.05, 0.1) is 6.54 Å². The summed E-state index contributed by atoms with van der Waals surface area (Å²) in [4.78, 5) is 0.183. The number of nitrogens with one attached hydrogen (secondary N) is 2. The minimum Gasteiger partial charge on any atom is -0.452 e. The largest absolute Gasteiger partial charge is 0.452 e. The van der Waals surface area contributed by atoms with Crippen molar-refractivity contribution in [3.63, 3.8) is 0 Å². The van der Waals surface area contributed by atoms with Gasteiger partial charge < -0.3 is 9.73 Å². The second kappa shape index (κ2) is 6.40. The molecule has 0 unspecified atom stereocenters. The average Bonchev–Trinajstić information content (AvgIpc) is 2.74. The number of hydrogen-bond donors (Lipinski definition) is 2. The minimum atomic E-state index is -3.56. The van der Waals surface area contributed by atoms with Gasteiger partial charge in [0.15, 0.2) is 4.67 Å². The molecule has 0 spiro atoms. The van der Waals surface area contributed by atoms with Crippen LogP contribution in [0.4, 0.5) is 0 Å². The molecule has 0 saturated heterocycles. The molecule has 1 aromatic heterocycles. The molecule has 2 N–H and O–H groups in total. The molecule has 1 heterocycles. The second-order valence-electron chi connectivity index (χ2n) is 5.98. The Hall–Kier alpha value is -0.370. The lowest BCUT2D eigenvalue weighted by molar-refractivity contribution is 0.213. The molecule has 1 fully saturated rings. The molecule has 1 aliphatic carbocycles. The molecular weight excluding hydrogens is 356 g/mol. The second-order valence-corrected chi connectivity index (χ2v) is 8.35. The average molecular weight is 379 g/mol. The summed E-state index contributed by atoms with van der Waals surface area (Å²) >= 11 is 3.22. The molecule has 7 heteroatoms. The van der Waals surface area contributed by atoms with Gasteiger partial charge in [-0.2, -0.15) is 0 Å². The van der Waals surface area contributed by atoms with Gasteiger partial charge in [-0.3, -0.25) is 0 Å². The van der Waals surface area contributed by atoms with E-state index in [9.17, 15) is 8.42 Å². The summed E-state index contributed by atoms with van der Waals surface area (Å²) in [5.41, 5.74) is -0.272. The van der Waals surface area contributed by atoms with Crippen molar-refractivity contribution < 1.29 is 12.8 Å². The van der Waals surface area contributed by atoms with E-state index in [0.29, 0.717) is 18.3 Å². The predicted molar refractivity (Wildman–Crippen MR) is 85.6 cm³/mol. The Labute approximate surface area is 135 Å². The molecule has 1 aromatic rings. The standard InChI is InChI=1S/C14H23BrN2O3S/c1-4-14(6-5-7-14)17-21(18,19)12-8-11(20-13(12)15)9-16-10(2)3/h8,10,16-17H,4-7,9H2,1-3H3. The molecule has 21 heavy (non-hydrogen) atoms. The quantitative estimate of drug-likeness (QED) is 0.764. The van der Waals surface area contributed by atoms with Crippen molar-refractivity contribution in [3.05, 3.63) is 16.5 Å². The molecule has 0 amide bonds. The van der Waals surface area contributed by atoms with E-state index in [0.717, 1.165) is 25.7 Å². The lowest BCUT2D eigenvalue weighted by atomic mass is 9.76.